The van der Waals surface area contributed by atoms with Gasteiger partial charge < -0.3 is 14.9 Å². The van der Waals surface area contributed by atoms with Crippen molar-refractivity contribution in [3.8, 4) is 0 Å². The Balaban J connectivity index is 2.40. The van der Waals surface area contributed by atoms with Crippen molar-refractivity contribution >= 4 is 22.6 Å². The number of aliphatic hydroxyl groups is 2. The summed E-state index contributed by atoms with van der Waals surface area (Å²) in [5.74, 6) is -0.0543. The molecule has 5 nitrogen and oxygen atoms in total. The number of rotatable bonds is 5. The Bertz CT molecular complexity index is 423. The summed E-state index contributed by atoms with van der Waals surface area (Å²) in [7, 11) is -0.692. The van der Waals surface area contributed by atoms with Gasteiger partial charge in [0.1, 0.15) is 17.1 Å². The zero-order valence-electron chi connectivity index (χ0n) is 11.4. The first-order chi connectivity index (χ1) is 8.67. The molecule has 0 fully saturated rings. The van der Waals surface area contributed by atoms with Gasteiger partial charge in [-0.15, -0.1) is 0 Å². The van der Waals surface area contributed by atoms with Crippen molar-refractivity contribution in [3.63, 3.8) is 0 Å². The third kappa shape index (κ3) is 5.94. The predicted molar refractivity (Wildman–Crippen MR) is 77.9 cm³/mol. The molecule has 0 saturated heterocycles. The number of carbonyl (C=O) groups excluding carboxylic acids is 1. The zero-order chi connectivity index (χ0) is 14.6. The number of hydrogen-bond donors (Lipinski definition) is 4. The lowest BCUT2D eigenvalue weighted by molar-refractivity contribution is -0.146. The Morgan fingerprint density at radius 2 is 2.16 bits per heavy atom. The minimum absolute atomic E-state index is 0.0316. The molecule has 1 heterocycles. The number of hydrogen-bond acceptors (Lipinski definition) is 5. The van der Waals surface area contributed by atoms with Crippen LogP contribution in [0.25, 0.3) is 0 Å². The van der Waals surface area contributed by atoms with E-state index in [2.05, 4.69) is 0 Å². The van der Waals surface area contributed by atoms with Crippen molar-refractivity contribution in [2.75, 3.05) is 5.75 Å². The van der Waals surface area contributed by atoms with E-state index in [1.807, 2.05) is 5.41 Å². The van der Waals surface area contributed by atoms with Gasteiger partial charge in [-0.3, -0.25) is 5.41 Å². The highest BCUT2D eigenvalue weighted by Crippen LogP contribution is 2.36. The van der Waals surface area contributed by atoms with Crippen LogP contribution in [0.1, 0.15) is 27.2 Å². The molecule has 1 aliphatic heterocycles. The van der Waals surface area contributed by atoms with Gasteiger partial charge in [0.15, 0.2) is 0 Å². The van der Waals surface area contributed by atoms with E-state index in [1.54, 1.807) is 32.3 Å². The highest BCUT2D eigenvalue weighted by Gasteiger charge is 2.22. The van der Waals surface area contributed by atoms with Gasteiger partial charge in [0.05, 0.1) is 6.10 Å². The molecule has 0 radical (unpaired) electrons. The second kappa shape index (κ2) is 6.25. The largest absolute Gasteiger partial charge is 0.507 e. The summed E-state index contributed by atoms with van der Waals surface area (Å²) in [5.41, 5.74) is -0.866. The summed E-state index contributed by atoms with van der Waals surface area (Å²) in [4.78, 5) is 11.6. The molecule has 1 aliphatic rings. The molecule has 0 aromatic rings. The minimum atomic E-state index is -0.780. The molecule has 0 aromatic heterocycles. The number of carbonyl (C=O) groups is 1. The third-order valence-electron chi connectivity index (χ3n) is 2.24. The number of thiol groups is 1. The Labute approximate surface area is 115 Å². The maximum atomic E-state index is 11.6. The molecule has 2 unspecified atom stereocenters. The van der Waals surface area contributed by atoms with Crippen LogP contribution in [0.3, 0.4) is 0 Å². The molecule has 0 aromatic carbocycles. The van der Waals surface area contributed by atoms with Crippen LogP contribution in [-0.2, 0) is 9.53 Å². The maximum absolute atomic E-state index is 11.6. The van der Waals surface area contributed by atoms with Crippen LogP contribution < -0.4 is 0 Å². The summed E-state index contributed by atoms with van der Waals surface area (Å²) in [6.07, 6.45) is 0.784. The third-order valence-corrected chi connectivity index (χ3v) is 4.21. The zero-order valence-corrected chi connectivity index (χ0v) is 12.3. The Hall–Kier alpha value is -1.27. The van der Waals surface area contributed by atoms with Gasteiger partial charge in [-0.05, 0) is 37.7 Å². The van der Waals surface area contributed by atoms with Crippen molar-refractivity contribution < 1.29 is 19.7 Å². The molecule has 2 atom stereocenters. The monoisotopic (exact) mass is 287 g/mol. The Kier molecular flexibility index (Phi) is 5.20. The van der Waals surface area contributed by atoms with E-state index in [0.29, 0.717) is 5.75 Å². The summed E-state index contributed by atoms with van der Waals surface area (Å²) >= 11 is 0. The summed E-state index contributed by atoms with van der Waals surface area (Å²) in [6.45, 7) is 5.19. The molecule has 0 aliphatic carbocycles. The van der Waals surface area contributed by atoms with E-state index in [4.69, 9.17) is 10.1 Å². The predicted octanol–water partition coefficient (Wildman–Crippen LogP) is 2.03. The smallest absolute Gasteiger partial charge is 0.352 e. The minimum Gasteiger partial charge on any atom is -0.507 e. The van der Waals surface area contributed by atoms with Crippen LogP contribution in [0.2, 0.25) is 0 Å². The normalized spacial score (nSPS) is 21.9. The number of aliphatic hydroxyl groups excluding tert-OH is 2. The standard InChI is InChI=1S/C13H21NO4S/c1-13(2,3)18-12(17)11(14)6-10(16)8-19-5-4-9(15)7-19/h4-5,7,10,14-16,19H,6,8H2,1-3H3. The fourth-order valence-electron chi connectivity index (χ4n) is 1.51. The maximum Gasteiger partial charge on any atom is 0.352 e. The molecule has 0 bridgehead atoms. The Morgan fingerprint density at radius 1 is 1.53 bits per heavy atom. The van der Waals surface area contributed by atoms with E-state index < -0.39 is 28.6 Å². The average Bonchev–Trinajstić information content (AvgIpc) is 2.60. The van der Waals surface area contributed by atoms with Gasteiger partial charge in [0.2, 0.25) is 0 Å². The molecule has 0 spiro atoms. The second-order valence-corrected chi connectivity index (χ2v) is 7.35. The first-order valence-corrected chi connectivity index (χ1v) is 7.67. The molecule has 19 heavy (non-hydrogen) atoms. The van der Waals surface area contributed by atoms with Crippen LogP contribution in [0.4, 0.5) is 0 Å². The van der Waals surface area contributed by atoms with E-state index in [9.17, 15) is 15.0 Å². The number of nitrogens with one attached hydrogen (secondary N) is 1. The van der Waals surface area contributed by atoms with E-state index in [0.717, 1.165) is 0 Å². The van der Waals surface area contributed by atoms with E-state index in [-0.39, 0.29) is 17.9 Å². The molecule has 108 valence electrons. The highest BCUT2D eigenvalue weighted by molar-refractivity contribution is 8.22. The topological polar surface area (TPSA) is 90.6 Å². The summed E-state index contributed by atoms with van der Waals surface area (Å²) < 4.78 is 5.05. The molecule has 1 rings (SSSR count). The lowest BCUT2D eigenvalue weighted by Crippen LogP contribution is -2.31. The second-order valence-electron chi connectivity index (χ2n) is 5.40. The van der Waals surface area contributed by atoms with Gasteiger partial charge in [-0.25, -0.2) is 15.7 Å². The molecule has 6 heteroatoms. The van der Waals surface area contributed by atoms with Crippen LogP contribution in [-0.4, -0.2) is 39.4 Å². The van der Waals surface area contributed by atoms with Crippen molar-refractivity contribution in [1.29, 1.82) is 5.41 Å². The van der Waals surface area contributed by atoms with Crippen molar-refractivity contribution in [2.24, 2.45) is 0 Å². The molecular formula is C13H21NO4S. The SMILES string of the molecule is CC(C)(C)OC(=O)C(=N)CC(O)C[SH]1C=CC(O)=C1. The van der Waals surface area contributed by atoms with Crippen LogP contribution in [0.15, 0.2) is 22.7 Å². The van der Waals surface area contributed by atoms with Gasteiger partial charge >= 0.3 is 5.97 Å². The fraction of sp³-hybridized carbons (Fsp3) is 0.538. The number of esters is 1. The average molecular weight is 287 g/mol. The van der Waals surface area contributed by atoms with Crippen LogP contribution >= 0.6 is 10.9 Å². The lowest BCUT2D eigenvalue weighted by atomic mass is 10.1. The molecular weight excluding hydrogens is 266 g/mol. The van der Waals surface area contributed by atoms with Gasteiger partial charge in [0, 0.05) is 12.2 Å². The van der Waals surface area contributed by atoms with E-state index >= 15 is 0 Å². The fourth-order valence-corrected chi connectivity index (χ4v) is 3.21. The number of allylic oxidation sites excluding steroid dienone is 1. The lowest BCUT2D eigenvalue weighted by Gasteiger charge is -2.21. The van der Waals surface area contributed by atoms with Gasteiger partial charge in [-0.2, -0.15) is 0 Å². The van der Waals surface area contributed by atoms with Crippen LogP contribution in [0, 0.1) is 5.41 Å². The Morgan fingerprint density at radius 3 is 2.63 bits per heavy atom. The van der Waals surface area contributed by atoms with Crippen molar-refractivity contribution in [3.05, 3.63) is 22.7 Å². The molecule has 0 amide bonds. The quantitative estimate of drug-likeness (QED) is 0.354. The molecule has 3 N–H and O–H groups in total. The van der Waals surface area contributed by atoms with Crippen molar-refractivity contribution in [2.45, 2.75) is 38.9 Å². The summed E-state index contributed by atoms with van der Waals surface area (Å²) in [6, 6.07) is 0. The van der Waals surface area contributed by atoms with E-state index in [1.165, 1.54) is 0 Å². The van der Waals surface area contributed by atoms with Crippen LogP contribution in [0.5, 0.6) is 0 Å². The number of ether oxygens (including phenoxy) is 1. The van der Waals surface area contributed by atoms with Crippen molar-refractivity contribution in [1.82, 2.24) is 0 Å². The van der Waals surface area contributed by atoms with Gasteiger partial charge in [-0.1, -0.05) is 0 Å². The first kappa shape index (κ1) is 15.8. The summed E-state index contributed by atoms with van der Waals surface area (Å²) in [5, 5.41) is 30.2. The first-order valence-electron chi connectivity index (χ1n) is 6.01. The molecule has 0 saturated carbocycles. The van der Waals surface area contributed by atoms with Gasteiger partial charge in [0.25, 0.3) is 0 Å². The highest BCUT2D eigenvalue weighted by atomic mass is 32.2.